The zero-order valence-electron chi connectivity index (χ0n) is 13.2. The quantitative estimate of drug-likeness (QED) is 0.780. The molecule has 0 saturated heterocycles. The predicted molar refractivity (Wildman–Crippen MR) is 90.5 cm³/mol. The van der Waals surface area contributed by atoms with Gasteiger partial charge in [-0.2, -0.15) is 0 Å². The van der Waals surface area contributed by atoms with Crippen LogP contribution in [-0.4, -0.2) is 30.3 Å². The zero-order valence-corrected chi connectivity index (χ0v) is 14.8. The van der Waals surface area contributed by atoms with Crippen LogP contribution >= 0.6 is 15.9 Å². The lowest BCUT2D eigenvalue weighted by atomic mass is 9.83. The van der Waals surface area contributed by atoms with Gasteiger partial charge in [0.25, 0.3) is 0 Å². The van der Waals surface area contributed by atoms with Gasteiger partial charge in [0.2, 0.25) is 0 Å². The van der Waals surface area contributed by atoms with Crippen LogP contribution in [0.3, 0.4) is 0 Å². The highest BCUT2D eigenvalue weighted by Gasteiger charge is 2.38. The van der Waals surface area contributed by atoms with E-state index in [1.165, 1.54) is 25.7 Å². The molecule has 3 nitrogen and oxygen atoms in total. The third-order valence-corrected chi connectivity index (χ3v) is 5.11. The Labute approximate surface area is 137 Å². The van der Waals surface area contributed by atoms with Crippen LogP contribution in [0, 0.1) is 0 Å². The molecule has 1 aliphatic rings. The van der Waals surface area contributed by atoms with Crippen LogP contribution in [0.15, 0.2) is 22.8 Å². The molecular formula is C17H27BrN2O. The Balaban J connectivity index is 2.16. The van der Waals surface area contributed by atoms with E-state index >= 15 is 0 Å². The van der Waals surface area contributed by atoms with Gasteiger partial charge in [-0.25, -0.2) is 0 Å². The first-order chi connectivity index (χ1) is 10.2. The summed E-state index contributed by atoms with van der Waals surface area (Å²) >= 11 is 3.45. The minimum absolute atomic E-state index is 0.0404. The summed E-state index contributed by atoms with van der Waals surface area (Å²) in [6.45, 7) is 3.13. The molecule has 1 heterocycles. The van der Waals surface area contributed by atoms with Gasteiger partial charge in [-0.3, -0.25) is 4.98 Å². The van der Waals surface area contributed by atoms with Gasteiger partial charge in [0, 0.05) is 35.9 Å². The molecule has 1 atom stereocenters. The maximum atomic E-state index is 6.07. The van der Waals surface area contributed by atoms with Gasteiger partial charge < -0.3 is 10.1 Å². The predicted octanol–water partition coefficient (Wildman–Crippen LogP) is 4.10. The average Bonchev–Trinajstić information content (AvgIpc) is 2.75. The Kier molecular flexibility index (Phi) is 6.65. The number of nitrogens with zero attached hydrogens (tertiary/aromatic N) is 1. The Morgan fingerprint density at radius 2 is 2.00 bits per heavy atom. The van der Waals surface area contributed by atoms with E-state index in [0.29, 0.717) is 6.04 Å². The number of methoxy groups -OCH3 is 1. The zero-order chi connectivity index (χ0) is 15.1. The Morgan fingerprint density at radius 1 is 1.29 bits per heavy atom. The van der Waals surface area contributed by atoms with Crippen LogP contribution in [0.4, 0.5) is 0 Å². The van der Waals surface area contributed by atoms with Gasteiger partial charge in [0.05, 0.1) is 5.60 Å². The second-order valence-corrected chi connectivity index (χ2v) is 6.88. The second kappa shape index (κ2) is 8.25. The molecule has 0 aromatic carbocycles. The number of aromatic nitrogens is 1. The molecule has 21 heavy (non-hydrogen) atoms. The molecule has 1 aliphatic carbocycles. The van der Waals surface area contributed by atoms with Gasteiger partial charge >= 0.3 is 0 Å². The Morgan fingerprint density at radius 3 is 2.52 bits per heavy atom. The molecule has 1 N–H and O–H groups in total. The van der Waals surface area contributed by atoms with Crippen LogP contribution in [0.2, 0.25) is 0 Å². The second-order valence-electron chi connectivity index (χ2n) is 5.97. The van der Waals surface area contributed by atoms with Crippen LogP contribution in [0.1, 0.15) is 51.1 Å². The fourth-order valence-corrected chi connectivity index (χ4v) is 3.68. The van der Waals surface area contributed by atoms with E-state index in [4.69, 9.17) is 4.74 Å². The molecule has 118 valence electrons. The summed E-state index contributed by atoms with van der Waals surface area (Å²) in [5.74, 6) is 0. The lowest BCUT2D eigenvalue weighted by Gasteiger charge is -2.39. The van der Waals surface area contributed by atoms with Crippen molar-refractivity contribution in [3.05, 3.63) is 28.5 Å². The van der Waals surface area contributed by atoms with Crippen molar-refractivity contribution >= 4 is 15.9 Å². The largest absolute Gasteiger partial charge is 0.377 e. The topological polar surface area (TPSA) is 34.2 Å². The van der Waals surface area contributed by atoms with Crippen LogP contribution in [0.5, 0.6) is 0 Å². The van der Waals surface area contributed by atoms with Crippen molar-refractivity contribution in [2.75, 3.05) is 13.7 Å². The first-order valence-corrected chi connectivity index (χ1v) is 8.88. The summed E-state index contributed by atoms with van der Waals surface area (Å²) in [5.41, 5.74) is 1.09. The van der Waals surface area contributed by atoms with Crippen molar-refractivity contribution in [1.82, 2.24) is 10.3 Å². The molecule has 0 bridgehead atoms. The van der Waals surface area contributed by atoms with Gasteiger partial charge in [-0.15, -0.1) is 0 Å². The normalized spacial score (nSPS) is 20.0. The van der Waals surface area contributed by atoms with Gasteiger partial charge in [0.1, 0.15) is 0 Å². The maximum Gasteiger partial charge on any atom is 0.0834 e. The van der Waals surface area contributed by atoms with E-state index in [1.807, 2.05) is 13.3 Å². The molecule has 1 fully saturated rings. The smallest absolute Gasteiger partial charge is 0.0834 e. The third-order valence-electron chi connectivity index (χ3n) is 4.64. The fourth-order valence-electron chi connectivity index (χ4n) is 3.45. The molecular weight excluding hydrogens is 328 g/mol. The molecule has 1 unspecified atom stereocenters. The number of hydrogen-bond donors (Lipinski definition) is 1. The monoisotopic (exact) mass is 354 g/mol. The van der Waals surface area contributed by atoms with E-state index < -0.39 is 0 Å². The number of rotatable bonds is 6. The first kappa shape index (κ1) is 16.9. The highest BCUT2D eigenvalue weighted by atomic mass is 79.9. The van der Waals surface area contributed by atoms with Crippen LogP contribution < -0.4 is 5.32 Å². The van der Waals surface area contributed by atoms with Crippen molar-refractivity contribution in [2.45, 2.75) is 63.5 Å². The fraction of sp³-hybridized carbons (Fsp3) is 0.706. The molecule has 1 aromatic heterocycles. The van der Waals surface area contributed by atoms with Crippen molar-refractivity contribution < 1.29 is 4.74 Å². The molecule has 1 aromatic rings. The van der Waals surface area contributed by atoms with Gasteiger partial charge in [0.15, 0.2) is 0 Å². The highest BCUT2D eigenvalue weighted by molar-refractivity contribution is 9.10. The molecule has 2 rings (SSSR count). The summed E-state index contributed by atoms with van der Waals surface area (Å²) in [4.78, 5) is 4.54. The van der Waals surface area contributed by atoms with Crippen molar-refractivity contribution in [2.24, 2.45) is 0 Å². The first-order valence-electron chi connectivity index (χ1n) is 8.09. The minimum atomic E-state index is -0.0404. The minimum Gasteiger partial charge on any atom is -0.377 e. The average molecular weight is 355 g/mol. The van der Waals surface area contributed by atoms with Crippen molar-refractivity contribution in [1.29, 1.82) is 0 Å². The number of pyridine rings is 1. The van der Waals surface area contributed by atoms with Gasteiger partial charge in [-0.1, -0.05) is 32.6 Å². The molecule has 1 saturated carbocycles. The number of halogens is 1. The summed E-state index contributed by atoms with van der Waals surface area (Å²) in [6, 6.07) is 4.51. The maximum absolute atomic E-state index is 6.07. The standard InChI is InChI=1S/C17H27BrN2O/c1-3-19-16(12-15-9-8-14(18)13-20-15)17(21-2)10-6-4-5-7-11-17/h8-9,13,16,19H,3-7,10-12H2,1-2H3. The summed E-state index contributed by atoms with van der Waals surface area (Å²) in [7, 11) is 1.88. The SMILES string of the molecule is CCNC(Cc1ccc(Br)cn1)C1(OC)CCCCCC1. The third kappa shape index (κ3) is 4.51. The molecule has 0 aliphatic heterocycles. The van der Waals surface area contributed by atoms with E-state index in [0.717, 1.165) is 36.0 Å². The summed E-state index contributed by atoms with van der Waals surface area (Å²) < 4.78 is 7.10. The van der Waals surface area contributed by atoms with E-state index in [1.54, 1.807) is 0 Å². The molecule has 4 heteroatoms. The highest BCUT2D eigenvalue weighted by Crippen LogP contribution is 2.34. The van der Waals surface area contributed by atoms with Crippen molar-refractivity contribution in [3.8, 4) is 0 Å². The number of nitrogens with one attached hydrogen (secondary N) is 1. The van der Waals surface area contributed by atoms with Crippen LogP contribution in [0.25, 0.3) is 0 Å². The summed E-state index contributed by atoms with van der Waals surface area (Å²) in [6.07, 6.45) is 10.3. The van der Waals surface area contributed by atoms with E-state index in [2.05, 4.69) is 45.3 Å². The Bertz CT molecular complexity index is 413. The lowest BCUT2D eigenvalue weighted by molar-refractivity contribution is -0.0525. The lowest BCUT2D eigenvalue weighted by Crippen LogP contribution is -2.53. The van der Waals surface area contributed by atoms with Crippen LogP contribution in [-0.2, 0) is 11.2 Å². The van der Waals surface area contributed by atoms with Gasteiger partial charge in [-0.05, 0) is 47.4 Å². The number of hydrogen-bond acceptors (Lipinski definition) is 3. The molecule has 0 spiro atoms. The molecule has 0 radical (unpaired) electrons. The number of ether oxygens (including phenoxy) is 1. The molecule has 0 amide bonds. The van der Waals surface area contributed by atoms with Crippen molar-refractivity contribution in [3.63, 3.8) is 0 Å². The van der Waals surface area contributed by atoms with E-state index in [9.17, 15) is 0 Å². The summed E-state index contributed by atoms with van der Waals surface area (Å²) in [5, 5.41) is 3.66. The Hall–Kier alpha value is -0.450. The van der Waals surface area contributed by atoms with E-state index in [-0.39, 0.29) is 5.60 Å². The number of likely N-dealkylation sites (N-methyl/N-ethyl adjacent to an activating group) is 1.